The van der Waals surface area contributed by atoms with Crippen molar-refractivity contribution in [2.75, 3.05) is 19.8 Å². The molecule has 0 bridgehead atoms. The lowest BCUT2D eigenvalue weighted by atomic mass is 10.1. The highest BCUT2D eigenvalue weighted by Crippen LogP contribution is 2.15. The smallest absolute Gasteiger partial charge is 0.306 e. The fourth-order valence-corrected chi connectivity index (χ4v) is 7.94. The summed E-state index contributed by atoms with van der Waals surface area (Å²) >= 11 is 0. The van der Waals surface area contributed by atoms with Crippen LogP contribution in [0.4, 0.5) is 0 Å². The van der Waals surface area contributed by atoms with Crippen molar-refractivity contribution in [2.45, 2.75) is 284 Å². The molecule has 1 unspecified atom stereocenters. The Kier molecular flexibility index (Phi) is 54.4. The molecule has 5 nitrogen and oxygen atoms in total. The topological polar surface area (TPSA) is 61.8 Å². The van der Waals surface area contributed by atoms with E-state index in [-0.39, 0.29) is 25.2 Å². The zero-order chi connectivity index (χ0) is 47.7. The van der Waals surface area contributed by atoms with Crippen molar-refractivity contribution in [3.8, 4) is 0 Å². The van der Waals surface area contributed by atoms with Gasteiger partial charge in [-0.05, 0) is 96.3 Å². The lowest BCUT2D eigenvalue weighted by Gasteiger charge is -2.18. The lowest BCUT2D eigenvalue weighted by Crippen LogP contribution is -2.30. The molecule has 0 amide bonds. The Hall–Kier alpha value is -2.66. The molecule has 0 saturated carbocycles. The van der Waals surface area contributed by atoms with Gasteiger partial charge in [-0.2, -0.15) is 0 Å². The Balaban J connectivity index is 4.25. The Morgan fingerprint density at radius 3 is 1.05 bits per heavy atom. The number of allylic oxidation sites excluding steroid dienone is 12. The molecule has 0 aromatic rings. The van der Waals surface area contributed by atoms with E-state index in [4.69, 9.17) is 14.2 Å². The van der Waals surface area contributed by atoms with Crippen LogP contribution in [0, 0.1) is 0 Å². The van der Waals surface area contributed by atoms with Crippen LogP contribution in [-0.2, 0) is 23.8 Å². The predicted molar refractivity (Wildman–Crippen MR) is 288 cm³/mol. The first-order chi connectivity index (χ1) is 32.6. The second kappa shape index (κ2) is 56.7. The maximum atomic E-state index is 12.8. The van der Waals surface area contributed by atoms with Crippen LogP contribution >= 0.6 is 0 Å². The van der Waals surface area contributed by atoms with E-state index < -0.39 is 6.10 Å². The van der Waals surface area contributed by atoms with Crippen molar-refractivity contribution in [3.05, 3.63) is 72.9 Å². The highest BCUT2D eigenvalue weighted by atomic mass is 16.6. The van der Waals surface area contributed by atoms with Gasteiger partial charge in [0.15, 0.2) is 6.10 Å². The molecule has 382 valence electrons. The van der Waals surface area contributed by atoms with Crippen LogP contribution in [0.25, 0.3) is 0 Å². The normalized spacial score (nSPS) is 12.7. The molecule has 0 aliphatic carbocycles. The van der Waals surface area contributed by atoms with Gasteiger partial charge >= 0.3 is 11.9 Å². The van der Waals surface area contributed by atoms with Crippen LogP contribution in [-0.4, -0.2) is 37.9 Å². The number of unbranched alkanes of at least 4 members (excludes halogenated alkanes) is 29. The largest absolute Gasteiger partial charge is 0.462 e. The first-order valence-electron chi connectivity index (χ1n) is 28.5. The van der Waals surface area contributed by atoms with Gasteiger partial charge in [-0.25, -0.2) is 0 Å². The zero-order valence-electron chi connectivity index (χ0n) is 44.0. The van der Waals surface area contributed by atoms with E-state index in [1.165, 1.54) is 167 Å². The van der Waals surface area contributed by atoms with E-state index in [0.717, 1.165) is 77.0 Å². The molecule has 0 saturated heterocycles. The number of ether oxygens (including phenoxy) is 3. The van der Waals surface area contributed by atoms with E-state index in [0.29, 0.717) is 19.4 Å². The summed E-state index contributed by atoms with van der Waals surface area (Å²) in [7, 11) is 0. The average Bonchev–Trinajstić information content (AvgIpc) is 3.32. The maximum absolute atomic E-state index is 12.8. The molecule has 66 heavy (non-hydrogen) atoms. The molecular weight excluding hydrogens is 813 g/mol. The third-order valence-corrected chi connectivity index (χ3v) is 12.2. The van der Waals surface area contributed by atoms with E-state index in [1.807, 2.05) is 0 Å². The summed E-state index contributed by atoms with van der Waals surface area (Å²) in [5, 5.41) is 0. The Morgan fingerprint density at radius 2 is 0.636 bits per heavy atom. The van der Waals surface area contributed by atoms with E-state index in [9.17, 15) is 9.59 Å². The molecule has 0 N–H and O–H groups in total. The van der Waals surface area contributed by atoms with Crippen molar-refractivity contribution in [1.29, 1.82) is 0 Å². The van der Waals surface area contributed by atoms with Crippen molar-refractivity contribution >= 4 is 11.9 Å². The molecule has 0 radical (unpaired) electrons. The van der Waals surface area contributed by atoms with E-state index in [2.05, 4.69) is 93.7 Å². The highest BCUT2D eigenvalue weighted by Gasteiger charge is 2.17. The molecule has 0 rings (SSSR count). The highest BCUT2D eigenvalue weighted by molar-refractivity contribution is 5.70. The molecule has 0 aromatic carbocycles. The summed E-state index contributed by atoms with van der Waals surface area (Å²) in [5.74, 6) is -0.410. The van der Waals surface area contributed by atoms with Crippen LogP contribution in [0.2, 0.25) is 0 Å². The van der Waals surface area contributed by atoms with Crippen LogP contribution in [0.5, 0.6) is 0 Å². The predicted octanol–water partition coefficient (Wildman–Crippen LogP) is 19.5. The quantitative estimate of drug-likeness (QED) is 0.0346. The fourth-order valence-electron chi connectivity index (χ4n) is 7.94. The van der Waals surface area contributed by atoms with Crippen molar-refractivity contribution < 1.29 is 23.8 Å². The third kappa shape index (κ3) is 54.0. The SMILES string of the molecule is CCCCC/C=C\C/C=C\C/C=C\CCCCCCCCCOCC(COC(=O)CCCCCCCC/C=C\C/C=C\C/C=C\CCCCC)OC(=O)CCCCCCCCCCCCC. The lowest BCUT2D eigenvalue weighted by molar-refractivity contribution is -0.163. The van der Waals surface area contributed by atoms with Crippen molar-refractivity contribution in [3.63, 3.8) is 0 Å². The minimum absolute atomic E-state index is 0.0745. The Morgan fingerprint density at radius 1 is 0.333 bits per heavy atom. The maximum Gasteiger partial charge on any atom is 0.306 e. The second-order valence-electron chi connectivity index (χ2n) is 18.8. The van der Waals surface area contributed by atoms with Crippen molar-refractivity contribution in [2.24, 2.45) is 0 Å². The standard InChI is InChI=1S/C61H108O5/c1-4-7-10-13-16-19-22-24-26-28-30-32-34-36-38-41-44-47-50-53-56-64-57-59(66-61(63)55-52-49-46-43-39-21-18-15-12-9-6-3)58-65-60(62)54-51-48-45-42-40-37-35-33-31-29-27-25-23-20-17-14-11-8-5-2/h16-17,19-20,24-27,30-33,59H,4-15,18,21-23,28-29,34-58H2,1-3H3/b19-16-,20-17-,26-24-,27-25-,32-30-,33-31-. The minimum Gasteiger partial charge on any atom is -0.462 e. The van der Waals surface area contributed by atoms with Crippen molar-refractivity contribution in [1.82, 2.24) is 0 Å². The number of rotatable bonds is 52. The van der Waals surface area contributed by atoms with Gasteiger partial charge in [-0.3, -0.25) is 9.59 Å². The molecule has 0 aliphatic rings. The monoisotopic (exact) mass is 921 g/mol. The first-order valence-corrected chi connectivity index (χ1v) is 28.5. The van der Waals surface area contributed by atoms with Gasteiger partial charge in [-0.1, -0.05) is 241 Å². The second-order valence-corrected chi connectivity index (χ2v) is 18.8. The number of carbonyl (C=O) groups is 2. The number of carbonyl (C=O) groups excluding carboxylic acids is 2. The Bertz CT molecular complexity index is 1180. The van der Waals surface area contributed by atoms with Gasteiger partial charge < -0.3 is 14.2 Å². The summed E-state index contributed by atoms with van der Waals surface area (Å²) in [5.41, 5.74) is 0. The van der Waals surface area contributed by atoms with E-state index in [1.54, 1.807) is 0 Å². The number of hydrogen-bond donors (Lipinski definition) is 0. The molecule has 0 heterocycles. The van der Waals surface area contributed by atoms with Gasteiger partial charge in [0.05, 0.1) is 6.61 Å². The minimum atomic E-state index is -0.547. The zero-order valence-corrected chi connectivity index (χ0v) is 44.0. The summed E-state index contributed by atoms with van der Waals surface area (Å²) in [6.45, 7) is 7.76. The molecule has 0 aromatic heterocycles. The molecule has 0 aliphatic heterocycles. The van der Waals surface area contributed by atoms with Crippen LogP contribution in [0.3, 0.4) is 0 Å². The molecule has 0 spiro atoms. The van der Waals surface area contributed by atoms with Gasteiger partial charge in [-0.15, -0.1) is 0 Å². The number of esters is 2. The van der Waals surface area contributed by atoms with E-state index >= 15 is 0 Å². The van der Waals surface area contributed by atoms with Crippen LogP contribution < -0.4 is 0 Å². The number of hydrogen-bond acceptors (Lipinski definition) is 5. The van der Waals surface area contributed by atoms with Gasteiger partial charge in [0, 0.05) is 19.4 Å². The molecule has 5 heteroatoms. The first kappa shape index (κ1) is 63.3. The third-order valence-electron chi connectivity index (χ3n) is 12.2. The molecule has 0 fully saturated rings. The van der Waals surface area contributed by atoms with Gasteiger partial charge in [0.1, 0.15) is 6.61 Å². The average molecular weight is 922 g/mol. The van der Waals surface area contributed by atoms with Gasteiger partial charge in [0.2, 0.25) is 0 Å². The van der Waals surface area contributed by atoms with Gasteiger partial charge in [0.25, 0.3) is 0 Å². The fraction of sp³-hybridized carbons (Fsp3) is 0.770. The molecular formula is C61H108O5. The van der Waals surface area contributed by atoms with Crippen LogP contribution in [0.15, 0.2) is 72.9 Å². The Labute approximate surface area is 410 Å². The summed E-state index contributed by atoms with van der Waals surface area (Å²) < 4.78 is 17.4. The summed E-state index contributed by atoms with van der Waals surface area (Å²) in [6, 6.07) is 0. The van der Waals surface area contributed by atoms with Crippen LogP contribution in [0.1, 0.15) is 278 Å². The summed E-state index contributed by atoms with van der Waals surface area (Å²) in [4.78, 5) is 25.5. The summed E-state index contributed by atoms with van der Waals surface area (Å²) in [6.07, 6.45) is 73.4. The molecule has 1 atom stereocenters.